The Balaban J connectivity index is 1.59. The minimum absolute atomic E-state index is 0.104. The van der Waals surface area contributed by atoms with Gasteiger partial charge in [-0.3, -0.25) is 14.3 Å². The standard InChI is InChI=1S/C23H20FN5OS/c1-15-9-10-18(12-19(15)24)26-21(30)14-31-23-28-27-22(17-7-5-11-25-13-17)29(23)20-8-4-3-6-16(20)2/h3-13H,14H2,1-2H3,(H,26,30). The molecule has 0 unspecified atom stereocenters. The first-order valence-corrected chi connectivity index (χ1v) is 10.6. The molecule has 2 aromatic carbocycles. The van der Waals surface area contributed by atoms with E-state index in [1.165, 1.54) is 17.8 Å². The van der Waals surface area contributed by atoms with Gasteiger partial charge in [-0.05, 0) is 55.3 Å². The highest BCUT2D eigenvalue weighted by atomic mass is 32.2. The maximum absolute atomic E-state index is 13.7. The van der Waals surface area contributed by atoms with Crippen molar-refractivity contribution < 1.29 is 9.18 Å². The Kier molecular flexibility index (Phi) is 6.08. The highest BCUT2D eigenvalue weighted by Gasteiger charge is 2.18. The number of anilines is 1. The Labute approximate surface area is 183 Å². The molecule has 4 aromatic rings. The first-order valence-electron chi connectivity index (χ1n) is 9.63. The van der Waals surface area contributed by atoms with Gasteiger partial charge < -0.3 is 5.32 Å². The van der Waals surface area contributed by atoms with Crippen LogP contribution in [-0.4, -0.2) is 31.4 Å². The van der Waals surface area contributed by atoms with E-state index in [0.29, 0.717) is 22.2 Å². The minimum Gasteiger partial charge on any atom is -0.325 e. The zero-order chi connectivity index (χ0) is 21.8. The Hall–Kier alpha value is -3.52. The summed E-state index contributed by atoms with van der Waals surface area (Å²) < 4.78 is 15.7. The van der Waals surface area contributed by atoms with Gasteiger partial charge in [0.05, 0.1) is 11.4 Å². The van der Waals surface area contributed by atoms with Crippen molar-refractivity contribution in [1.29, 1.82) is 0 Å². The summed E-state index contributed by atoms with van der Waals surface area (Å²) in [6.07, 6.45) is 3.43. The Morgan fingerprint density at radius 3 is 2.65 bits per heavy atom. The number of halogens is 1. The number of amides is 1. The minimum atomic E-state index is -0.356. The molecular weight excluding hydrogens is 413 g/mol. The molecule has 0 spiro atoms. The molecule has 0 fully saturated rings. The monoisotopic (exact) mass is 433 g/mol. The van der Waals surface area contributed by atoms with E-state index in [4.69, 9.17) is 0 Å². The molecule has 0 saturated carbocycles. The summed E-state index contributed by atoms with van der Waals surface area (Å²) >= 11 is 1.26. The van der Waals surface area contributed by atoms with Crippen LogP contribution in [-0.2, 0) is 4.79 Å². The lowest BCUT2D eigenvalue weighted by Crippen LogP contribution is -2.15. The molecule has 1 amide bonds. The topological polar surface area (TPSA) is 72.7 Å². The lowest BCUT2D eigenvalue weighted by atomic mass is 10.2. The van der Waals surface area contributed by atoms with Crippen molar-refractivity contribution in [2.24, 2.45) is 0 Å². The van der Waals surface area contributed by atoms with Gasteiger partial charge in [0.2, 0.25) is 5.91 Å². The number of hydrogen-bond acceptors (Lipinski definition) is 5. The highest BCUT2D eigenvalue weighted by molar-refractivity contribution is 7.99. The molecule has 6 nitrogen and oxygen atoms in total. The van der Waals surface area contributed by atoms with Crippen molar-refractivity contribution in [1.82, 2.24) is 19.7 Å². The summed E-state index contributed by atoms with van der Waals surface area (Å²) in [6.45, 7) is 3.68. The number of carbonyl (C=O) groups is 1. The van der Waals surface area contributed by atoms with E-state index in [1.54, 1.807) is 31.5 Å². The molecule has 31 heavy (non-hydrogen) atoms. The van der Waals surface area contributed by atoms with Crippen molar-refractivity contribution in [3.8, 4) is 17.1 Å². The molecule has 0 atom stereocenters. The average molecular weight is 434 g/mol. The van der Waals surface area contributed by atoms with Crippen molar-refractivity contribution >= 4 is 23.4 Å². The first kappa shape index (κ1) is 20.7. The third-order valence-electron chi connectivity index (χ3n) is 4.70. The summed E-state index contributed by atoms with van der Waals surface area (Å²) in [5.74, 6) is 0.138. The van der Waals surface area contributed by atoms with Crippen molar-refractivity contribution in [3.05, 3.63) is 83.9 Å². The molecule has 0 aliphatic rings. The quantitative estimate of drug-likeness (QED) is 0.442. The Morgan fingerprint density at radius 2 is 1.90 bits per heavy atom. The number of nitrogens with one attached hydrogen (secondary N) is 1. The molecule has 8 heteroatoms. The summed E-state index contributed by atoms with van der Waals surface area (Å²) in [7, 11) is 0. The SMILES string of the molecule is Cc1ccc(NC(=O)CSc2nnc(-c3cccnc3)n2-c2ccccc2C)cc1F. The molecule has 0 bridgehead atoms. The predicted molar refractivity (Wildman–Crippen MR) is 120 cm³/mol. The van der Waals surface area contributed by atoms with Crippen LogP contribution in [0.15, 0.2) is 72.1 Å². The molecule has 0 aliphatic carbocycles. The number of hydrogen-bond donors (Lipinski definition) is 1. The maximum Gasteiger partial charge on any atom is 0.234 e. The highest BCUT2D eigenvalue weighted by Crippen LogP contribution is 2.29. The molecule has 2 aromatic heterocycles. The lowest BCUT2D eigenvalue weighted by molar-refractivity contribution is -0.113. The van der Waals surface area contributed by atoms with Gasteiger partial charge in [-0.1, -0.05) is 36.0 Å². The van der Waals surface area contributed by atoms with Crippen LogP contribution in [0.2, 0.25) is 0 Å². The fraction of sp³-hybridized carbons (Fsp3) is 0.130. The molecule has 1 N–H and O–H groups in total. The van der Waals surface area contributed by atoms with Crippen LogP contribution in [0.5, 0.6) is 0 Å². The lowest BCUT2D eigenvalue weighted by Gasteiger charge is -2.12. The van der Waals surface area contributed by atoms with Gasteiger partial charge in [-0.25, -0.2) is 4.39 Å². The summed E-state index contributed by atoms with van der Waals surface area (Å²) in [5.41, 5.74) is 3.75. The van der Waals surface area contributed by atoms with Gasteiger partial charge in [-0.2, -0.15) is 0 Å². The normalized spacial score (nSPS) is 10.8. The number of pyridine rings is 1. The zero-order valence-electron chi connectivity index (χ0n) is 17.0. The predicted octanol–water partition coefficient (Wildman–Crippen LogP) is 4.82. The van der Waals surface area contributed by atoms with E-state index in [-0.39, 0.29) is 17.5 Å². The van der Waals surface area contributed by atoms with E-state index in [2.05, 4.69) is 20.5 Å². The average Bonchev–Trinajstić information content (AvgIpc) is 3.19. The number of aryl methyl sites for hydroxylation is 2. The summed E-state index contributed by atoms with van der Waals surface area (Å²) in [5, 5.41) is 12.0. The number of benzene rings is 2. The second kappa shape index (κ2) is 9.09. The Morgan fingerprint density at radius 1 is 1.06 bits per heavy atom. The zero-order valence-corrected chi connectivity index (χ0v) is 17.9. The van der Waals surface area contributed by atoms with E-state index in [9.17, 15) is 9.18 Å². The Bertz CT molecular complexity index is 1230. The molecular formula is C23H20FN5OS. The number of thioether (sulfide) groups is 1. The summed E-state index contributed by atoms with van der Waals surface area (Å²) in [6, 6.07) is 16.3. The van der Waals surface area contributed by atoms with Crippen LogP contribution in [0, 0.1) is 19.7 Å². The van der Waals surface area contributed by atoms with Crippen molar-refractivity contribution in [3.63, 3.8) is 0 Å². The maximum atomic E-state index is 13.7. The van der Waals surface area contributed by atoms with Crippen LogP contribution >= 0.6 is 11.8 Å². The van der Waals surface area contributed by atoms with Crippen LogP contribution < -0.4 is 5.32 Å². The van der Waals surface area contributed by atoms with Crippen LogP contribution in [0.25, 0.3) is 17.1 Å². The summed E-state index contributed by atoms with van der Waals surface area (Å²) in [4.78, 5) is 16.6. The molecule has 4 rings (SSSR count). The van der Waals surface area contributed by atoms with Crippen LogP contribution in [0.4, 0.5) is 10.1 Å². The van der Waals surface area contributed by atoms with Gasteiger partial charge >= 0.3 is 0 Å². The van der Waals surface area contributed by atoms with Crippen molar-refractivity contribution in [2.45, 2.75) is 19.0 Å². The van der Waals surface area contributed by atoms with Crippen LogP contribution in [0.1, 0.15) is 11.1 Å². The molecule has 156 valence electrons. The van der Waals surface area contributed by atoms with Gasteiger partial charge in [0, 0.05) is 23.6 Å². The largest absolute Gasteiger partial charge is 0.325 e. The van der Waals surface area contributed by atoms with Crippen LogP contribution in [0.3, 0.4) is 0 Å². The van der Waals surface area contributed by atoms with E-state index >= 15 is 0 Å². The fourth-order valence-corrected chi connectivity index (χ4v) is 3.82. The van der Waals surface area contributed by atoms with Gasteiger partial charge in [0.15, 0.2) is 11.0 Å². The van der Waals surface area contributed by atoms with Gasteiger partial charge in [0.1, 0.15) is 5.82 Å². The first-order chi connectivity index (χ1) is 15.0. The van der Waals surface area contributed by atoms with Gasteiger partial charge in [0.25, 0.3) is 0 Å². The second-order valence-electron chi connectivity index (χ2n) is 6.97. The third-order valence-corrected chi connectivity index (χ3v) is 5.63. The fourth-order valence-electron chi connectivity index (χ4n) is 3.07. The number of carbonyl (C=O) groups excluding carboxylic acids is 1. The third kappa shape index (κ3) is 4.64. The molecule has 0 saturated heterocycles. The molecule has 0 aliphatic heterocycles. The molecule has 0 radical (unpaired) electrons. The van der Waals surface area contributed by atoms with E-state index < -0.39 is 0 Å². The van der Waals surface area contributed by atoms with Gasteiger partial charge in [-0.15, -0.1) is 10.2 Å². The number of para-hydroxylation sites is 1. The smallest absolute Gasteiger partial charge is 0.234 e. The van der Waals surface area contributed by atoms with Crippen molar-refractivity contribution in [2.75, 3.05) is 11.1 Å². The second-order valence-corrected chi connectivity index (χ2v) is 7.91. The number of aromatic nitrogens is 4. The number of rotatable bonds is 6. The van der Waals surface area contributed by atoms with E-state index in [1.807, 2.05) is 47.9 Å². The number of nitrogens with zero attached hydrogens (tertiary/aromatic N) is 4. The molecule has 2 heterocycles. The van der Waals surface area contributed by atoms with E-state index in [0.717, 1.165) is 16.8 Å².